The van der Waals surface area contributed by atoms with Crippen molar-refractivity contribution in [1.29, 1.82) is 0 Å². The van der Waals surface area contributed by atoms with E-state index < -0.39 is 69.8 Å². The van der Waals surface area contributed by atoms with Gasteiger partial charge in [-0.2, -0.15) is 0 Å². The molecule has 1 aromatic rings. The van der Waals surface area contributed by atoms with E-state index in [0.717, 1.165) is 0 Å². The van der Waals surface area contributed by atoms with Gasteiger partial charge in [-0.15, -0.1) is 0 Å². The van der Waals surface area contributed by atoms with Gasteiger partial charge in [-0.1, -0.05) is 33.8 Å². The number of hydrogen-bond acceptors (Lipinski definition) is 9. The van der Waals surface area contributed by atoms with Crippen molar-refractivity contribution in [2.45, 2.75) is 71.2 Å². The Morgan fingerprint density at radius 3 is 2.37 bits per heavy atom. The molecule has 1 amide bonds. The fourth-order valence-electron chi connectivity index (χ4n) is 8.17. The van der Waals surface area contributed by atoms with Gasteiger partial charge in [0.2, 0.25) is 5.91 Å². The Kier molecular flexibility index (Phi) is 6.78. The van der Waals surface area contributed by atoms with Gasteiger partial charge < -0.3 is 30.9 Å². The van der Waals surface area contributed by atoms with E-state index in [-0.39, 0.29) is 42.9 Å². The molecule has 0 spiro atoms. The summed E-state index contributed by atoms with van der Waals surface area (Å²) in [6.45, 7) is 6.98. The number of aliphatic hydroxyl groups excluding tert-OH is 2. The van der Waals surface area contributed by atoms with Gasteiger partial charge in [0.15, 0.2) is 17.2 Å². The number of ketones is 2. The molecule has 0 saturated heterocycles. The third kappa shape index (κ3) is 3.64. The van der Waals surface area contributed by atoms with Crippen molar-refractivity contribution in [2.75, 3.05) is 7.11 Å². The third-order valence-corrected chi connectivity index (χ3v) is 9.59. The molecule has 0 aliphatic heterocycles. The molecular weight excluding hydrogens is 494 g/mol. The molecule has 208 valence electrons. The highest BCUT2D eigenvalue weighted by Crippen LogP contribution is 2.65. The largest absolute Gasteiger partial charge is 0.507 e. The Balaban J connectivity index is 1.90. The van der Waals surface area contributed by atoms with Gasteiger partial charge in [0.05, 0.1) is 24.7 Å². The van der Waals surface area contributed by atoms with Crippen molar-refractivity contribution in [3.8, 4) is 5.75 Å². The van der Waals surface area contributed by atoms with Crippen LogP contribution in [0.5, 0.6) is 5.75 Å². The van der Waals surface area contributed by atoms with Crippen molar-refractivity contribution in [2.24, 2.45) is 40.2 Å². The van der Waals surface area contributed by atoms with Crippen molar-refractivity contribution in [1.82, 2.24) is 0 Å². The molecule has 38 heavy (non-hydrogen) atoms. The molecule has 2 fully saturated rings. The lowest BCUT2D eigenvalue weighted by molar-refractivity contribution is -0.265. The normalized spacial score (nSPS) is 38.3. The number of benzene rings is 1. The number of carbonyl (C=O) groups is 4. The Labute approximate surface area is 221 Å². The number of amides is 1. The van der Waals surface area contributed by atoms with Crippen LogP contribution in [-0.2, 0) is 32.0 Å². The average molecular weight is 532 g/mol. The second-order valence-electron chi connectivity index (χ2n) is 12.2. The van der Waals surface area contributed by atoms with E-state index in [4.69, 9.17) is 10.5 Å². The third-order valence-electron chi connectivity index (χ3n) is 9.59. The van der Waals surface area contributed by atoms with Crippen LogP contribution in [0.3, 0.4) is 0 Å². The van der Waals surface area contributed by atoms with Crippen molar-refractivity contribution >= 4 is 23.4 Å². The SMILES string of the molecule is COC(=O)CCc1ccc(O)c2c1C[C@]1(C)C[C@]3(C)[C@@H](C(C)C)C(O)[C@@H](C(N)=O)C(=O)[C@]3(O)C(O)[C@H]1C2=O. The van der Waals surface area contributed by atoms with E-state index in [0.29, 0.717) is 11.1 Å². The van der Waals surface area contributed by atoms with E-state index in [2.05, 4.69) is 0 Å². The minimum Gasteiger partial charge on any atom is -0.507 e. The van der Waals surface area contributed by atoms with Crippen LogP contribution in [0.15, 0.2) is 12.1 Å². The van der Waals surface area contributed by atoms with E-state index >= 15 is 0 Å². The number of esters is 1. The van der Waals surface area contributed by atoms with Crippen LogP contribution in [0, 0.1) is 34.5 Å². The van der Waals surface area contributed by atoms with Gasteiger partial charge >= 0.3 is 5.97 Å². The number of phenolic OH excluding ortho intramolecular Hbond substituents is 1. The number of ether oxygens (including phenoxy) is 1. The molecule has 3 aliphatic carbocycles. The number of aromatic hydroxyl groups is 1. The lowest BCUT2D eigenvalue weighted by atomic mass is 9.39. The molecular formula is C28H37NO9. The molecule has 2 unspecified atom stereocenters. The van der Waals surface area contributed by atoms with Gasteiger partial charge in [0.25, 0.3) is 0 Å². The van der Waals surface area contributed by atoms with Crippen LogP contribution >= 0.6 is 0 Å². The van der Waals surface area contributed by atoms with Crippen LogP contribution < -0.4 is 5.73 Å². The summed E-state index contributed by atoms with van der Waals surface area (Å²) in [7, 11) is 1.28. The van der Waals surface area contributed by atoms with Gasteiger partial charge in [-0.05, 0) is 53.7 Å². The molecule has 1 aromatic carbocycles. The number of aryl methyl sites for hydroxylation is 1. The Bertz CT molecular complexity index is 1210. The minimum absolute atomic E-state index is 0.0174. The number of primary amides is 1. The van der Waals surface area contributed by atoms with Gasteiger partial charge in [0.1, 0.15) is 17.8 Å². The summed E-state index contributed by atoms with van der Waals surface area (Å²) in [5.74, 6) is -7.74. The maximum atomic E-state index is 14.0. The number of hydrogen-bond donors (Lipinski definition) is 5. The second kappa shape index (κ2) is 9.14. The van der Waals surface area contributed by atoms with Crippen LogP contribution in [-0.4, -0.2) is 68.8 Å². The van der Waals surface area contributed by atoms with E-state index in [1.807, 2.05) is 0 Å². The van der Waals surface area contributed by atoms with Gasteiger partial charge in [-0.3, -0.25) is 19.2 Å². The zero-order valence-electron chi connectivity index (χ0n) is 22.4. The number of nitrogens with two attached hydrogens (primary N) is 1. The van der Waals surface area contributed by atoms with Crippen molar-refractivity contribution in [3.63, 3.8) is 0 Å². The second-order valence-corrected chi connectivity index (χ2v) is 12.2. The summed E-state index contributed by atoms with van der Waals surface area (Å²) in [4.78, 5) is 51.7. The van der Waals surface area contributed by atoms with Gasteiger partial charge in [-0.25, -0.2) is 0 Å². The van der Waals surface area contributed by atoms with Crippen molar-refractivity contribution in [3.05, 3.63) is 28.8 Å². The quantitative estimate of drug-likeness (QED) is 0.269. The maximum absolute atomic E-state index is 14.0. The highest BCUT2D eigenvalue weighted by Gasteiger charge is 2.75. The molecule has 0 aromatic heterocycles. The molecule has 2 saturated carbocycles. The molecule has 0 heterocycles. The predicted octanol–water partition coefficient (Wildman–Crippen LogP) is 0.678. The topological polar surface area (TPSA) is 184 Å². The zero-order valence-corrected chi connectivity index (χ0v) is 22.4. The molecule has 0 bridgehead atoms. The summed E-state index contributed by atoms with van der Waals surface area (Å²) < 4.78 is 4.74. The minimum atomic E-state index is -2.55. The summed E-state index contributed by atoms with van der Waals surface area (Å²) in [6.07, 6.45) is -2.81. The highest BCUT2D eigenvalue weighted by molar-refractivity contribution is 6.09. The monoisotopic (exact) mass is 531 g/mol. The molecule has 10 nitrogen and oxygen atoms in total. The number of methoxy groups -OCH3 is 1. The van der Waals surface area contributed by atoms with Crippen molar-refractivity contribution < 1.29 is 44.3 Å². The number of rotatable bonds is 5. The molecule has 6 N–H and O–H groups in total. The highest BCUT2D eigenvalue weighted by atomic mass is 16.5. The molecule has 4 rings (SSSR count). The first-order chi connectivity index (χ1) is 17.6. The maximum Gasteiger partial charge on any atom is 0.305 e. The molecule has 3 aliphatic rings. The number of aliphatic hydroxyl groups is 3. The van der Waals surface area contributed by atoms with E-state index in [1.54, 1.807) is 33.8 Å². The lowest BCUT2D eigenvalue weighted by Gasteiger charge is -2.66. The summed E-state index contributed by atoms with van der Waals surface area (Å²) in [5.41, 5.74) is 1.71. The summed E-state index contributed by atoms with van der Waals surface area (Å²) in [5, 5.41) is 45.7. The van der Waals surface area contributed by atoms with Gasteiger partial charge in [0, 0.05) is 11.8 Å². The first kappa shape index (κ1) is 28.2. The first-order valence-corrected chi connectivity index (χ1v) is 12.9. The Morgan fingerprint density at radius 1 is 1.18 bits per heavy atom. The van der Waals surface area contributed by atoms with Crippen LogP contribution in [0.25, 0.3) is 0 Å². The smallest absolute Gasteiger partial charge is 0.305 e. The van der Waals surface area contributed by atoms with E-state index in [9.17, 15) is 39.6 Å². The number of phenols is 1. The fraction of sp³-hybridized carbons (Fsp3) is 0.643. The average Bonchev–Trinajstić information content (AvgIpc) is 2.80. The number of fused-ring (bicyclic) bond motifs is 3. The zero-order chi connectivity index (χ0) is 28.5. The summed E-state index contributed by atoms with van der Waals surface area (Å²) in [6, 6.07) is 2.99. The van der Waals surface area contributed by atoms with Crippen LogP contribution in [0.2, 0.25) is 0 Å². The lowest BCUT2D eigenvalue weighted by Crippen LogP contribution is -2.79. The first-order valence-electron chi connectivity index (χ1n) is 12.9. The predicted molar refractivity (Wildman–Crippen MR) is 134 cm³/mol. The number of carbonyl (C=O) groups excluding carboxylic acids is 4. The van der Waals surface area contributed by atoms with Crippen LogP contribution in [0.4, 0.5) is 0 Å². The molecule has 10 heteroatoms. The molecule has 0 radical (unpaired) electrons. The molecule has 8 atom stereocenters. The van der Waals surface area contributed by atoms with Crippen LogP contribution in [0.1, 0.15) is 62.0 Å². The fourth-order valence-corrected chi connectivity index (χ4v) is 8.17. The Morgan fingerprint density at radius 2 is 1.82 bits per heavy atom. The van der Waals surface area contributed by atoms with E-state index in [1.165, 1.54) is 13.2 Å². The number of Topliss-reactive ketones (excluding diaryl/α,β-unsaturated/α-hetero) is 2. The summed E-state index contributed by atoms with van der Waals surface area (Å²) >= 11 is 0. The standard InChI is InChI=1S/C28H37NO9/c1-12(2)19-22(33)18(25(29)36)23(34)28(37)24(35)20-21(32)17-14(10-26(20,3)11-27(19,28)4)13(6-8-15(17)30)7-9-16(31)38-5/h6,8,12,18-20,22,24,30,33,35,37H,7,9-11H2,1-5H3,(H2,29,36)/t18-,19+,20-,22?,24?,26-,27-,28+/m1/s1. The Hall–Kier alpha value is -2.82.